The number of nitrogens with zero attached hydrogens (tertiary/aromatic N) is 2. The summed E-state index contributed by atoms with van der Waals surface area (Å²) in [5.74, 6) is -0.149. The SMILES string of the molecule is CCC(CC)C(O)CNC(=O)c1nc(N)n[nH]1. The van der Waals surface area contributed by atoms with Crippen molar-refractivity contribution in [2.45, 2.75) is 32.8 Å². The molecule has 1 heterocycles. The maximum atomic E-state index is 11.6. The molecule has 0 aromatic carbocycles. The predicted octanol–water partition coefficient (Wildman–Crippen LogP) is -0.0862. The zero-order valence-corrected chi connectivity index (χ0v) is 10.1. The maximum Gasteiger partial charge on any atom is 0.288 e. The van der Waals surface area contributed by atoms with Crippen LogP contribution in [0.15, 0.2) is 0 Å². The number of anilines is 1. The van der Waals surface area contributed by atoms with Crippen LogP contribution in [0.25, 0.3) is 0 Å². The van der Waals surface area contributed by atoms with E-state index in [0.717, 1.165) is 12.8 Å². The Morgan fingerprint density at radius 1 is 1.53 bits per heavy atom. The fourth-order valence-corrected chi connectivity index (χ4v) is 1.66. The number of hydrogen-bond acceptors (Lipinski definition) is 5. The van der Waals surface area contributed by atoms with Gasteiger partial charge in [-0.1, -0.05) is 26.7 Å². The second-order valence-electron chi connectivity index (χ2n) is 3.90. The Labute approximate surface area is 99.8 Å². The molecule has 0 radical (unpaired) electrons. The normalized spacial score (nSPS) is 12.7. The summed E-state index contributed by atoms with van der Waals surface area (Å²) in [4.78, 5) is 15.2. The molecule has 0 saturated carbocycles. The van der Waals surface area contributed by atoms with Crippen LogP contribution in [0.1, 0.15) is 37.3 Å². The lowest BCUT2D eigenvalue weighted by Crippen LogP contribution is -2.36. The van der Waals surface area contributed by atoms with Gasteiger partial charge in [0.1, 0.15) is 0 Å². The molecule has 0 bridgehead atoms. The van der Waals surface area contributed by atoms with E-state index in [4.69, 9.17) is 5.73 Å². The molecule has 5 N–H and O–H groups in total. The minimum Gasteiger partial charge on any atom is -0.391 e. The number of nitrogens with one attached hydrogen (secondary N) is 2. The Morgan fingerprint density at radius 3 is 2.65 bits per heavy atom. The number of H-pyrrole nitrogens is 1. The average molecular weight is 241 g/mol. The minimum absolute atomic E-state index is 0.0238. The summed E-state index contributed by atoms with van der Waals surface area (Å²) >= 11 is 0. The smallest absolute Gasteiger partial charge is 0.288 e. The minimum atomic E-state index is -0.547. The van der Waals surface area contributed by atoms with Crippen molar-refractivity contribution in [3.63, 3.8) is 0 Å². The summed E-state index contributed by atoms with van der Waals surface area (Å²) < 4.78 is 0. The number of amides is 1. The number of aromatic nitrogens is 3. The molecule has 0 aliphatic carbocycles. The van der Waals surface area contributed by atoms with Gasteiger partial charge in [0, 0.05) is 6.54 Å². The summed E-state index contributed by atoms with van der Waals surface area (Å²) in [5.41, 5.74) is 5.28. The number of aliphatic hydroxyl groups excluding tert-OH is 1. The molecule has 96 valence electrons. The highest BCUT2D eigenvalue weighted by Gasteiger charge is 2.17. The van der Waals surface area contributed by atoms with Gasteiger partial charge in [0.2, 0.25) is 11.8 Å². The van der Waals surface area contributed by atoms with Crippen LogP contribution in [-0.2, 0) is 0 Å². The molecule has 0 aliphatic heterocycles. The standard InChI is InChI=1S/C10H19N5O2/c1-3-6(4-2)7(16)5-12-9(17)8-13-10(11)15-14-8/h6-7,16H,3-5H2,1-2H3,(H,12,17)(H3,11,13,14,15). The van der Waals surface area contributed by atoms with Crippen LogP contribution < -0.4 is 11.1 Å². The molecule has 1 rings (SSSR count). The molecule has 7 nitrogen and oxygen atoms in total. The first-order valence-corrected chi connectivity index (χ1v) is 5.72. The first kappa shape index (κ1) is 13.4. The van der Waals surface area contributed by atoms with Crippen molar-refractivity contribution in [3.05, 3.63) is 5.82 Å². The van der Waals surface area contributed by atoms with Crippen LogP contribution in [0.4, 0.5) is 5.95 Å². The summed E-state index contributed by atoms with van der Waals surface area (Å²) in [5, 5.41) is 18.4. The topological polar surface area (TPSA) is 117 Å². The molecule has 0 aliphatic rings. The number of nitrogen functional groups attached to an aromatic ring is 1. The largest absolute Gasteiger partial charge is 0.391 e. The molecule has 7 heteroatoms. The Kier molecular flexibility index (Phi) is 4.89. The number of aromatic amines is 1. The molecule has 1 atom stereocenters. The van der Waals surface area contributed by atoms with Gasteiger partial charge in [-0.05, 0) is 5.92 Å². The number of aliphatic hydroxyl groups is 1. The Morgan fingerprint density at radius 2 is 2.18 bits per heavy atom. The molecular formula is C10H19N5O2. The number of carbonyl (C=O) groups is 1. The van der Waals surface area contributed by atoms with Crippen LogP contribution in [0.3, 0.4) is 0 Å². The van der Waals surface area contributed by atoms with Crippen molar-refractivity contribution in [1.82, 2.24) is 20.5 Å². The van der Waals surface area contributed by atoms with E-state index in [1.54, 1.807) is 0 Å². The van der Waals surface area contributed by atoms with E-state index in [1.807, 2.05) is 13.8 Å². The highest BCUT2D eigenvalue weighted by molar-refractivity contribution is 5.90. The zero-order valence-electron chi connectivity index (χ0n) is 10.1. The van der Waals surface area contributed by atoms with Gasteiger partial charge in [-0.2, -0.15) is 4.98 Å². The third kappa shape index (κ3) is 3.70. The van der Waals surface area contributed by atoms with Gasteiger partial charge >= 0.3 is 0 Å². The lowest BCUT2D eigenvalue weighted by atomic mass is 9.96. The Hall–Kier alpha value is -1.63. The number of rotatable bonds is 6. The van der Waals surface area contributed by atoms with Gasteiger partial charge in [-0.15, -0.1) is 5.10 Å². The van der Waals surface area contributed by atoms with Gasteiger partial charge in [-0.25, -0.2) is 0 Å². The van der Waals surface area contributed by atoms with E-state index < -0.39 is 12.0 Å². The quantitative estimate of drug-likeness (QED) is 0.555. The van der Waals surface area contributed by atoms with Crippen LogP contribution in [0.2, 0.25) is 0 Å². The van der Waals surface area contributed by atoms with Crippen molar-refractivity contribution in [1.29, 1.82) is 0 Å². The molecule has 0 spiro atoms. The molecule has 1 unspecified atom stereocenters. The number of carbonyl (C=O) groups excluding carboxylic acids is 1. The highest BCUT2D eigenvalue weighted by Crippen LogP contribution is 2.12. The fraction of sp³-hybridized carbons (Fsp3) is 0.700. The molecular weight excluding hydrogens is 222 g/mol. The van der Waals surface area contributed by atoms with Crippen LogP contribution in [0, 0.1) is 5.92 Å². The number of hydrogen-bond donors (Lipinski definition) is 4. The van der Waals surface area contributed by atoms with Gasteiger partial charge < -0.3 is 16.2 Å². The zero-order chi connectivity index (χ0) is 12.8. The van der Waals surface area contributed by atoms with Crippen molar-refractivity contribution in [2.75, 3.05) is 12.3 Å². The van der Waals surface area contributed by atoms with E-state index in [-0.39, 0.29) is 24.2 Å². The first-order valence-electron chi connectivity index (χ1n) is 5.72. The lowest BCUT2D eigenvalue weighted by Gasteiger charge is -2.19. The lowest BCUT2D eigenvalue weighted by molar-refractivity contribution is 0.0809. The monoisotopic (exact) mass is 241 g/mol. The third-order valence-electron chi connectivity index (χ3n) is 2.78. The molecule has 0 saturated heterocycles. The Balaban J connectivity index is 2.43. The van der Waals surface area contributed by atoms with Crippen LogP contribution >= 0.6 is 0 Å². The van der Waals surface area contributed by atoms with E-state index in [0.29, 0.717) is 0 Å². The van der Waals surface area contributed by atoms with Crippen LogP contribution in [-0.4, -0.2) is 38.8 Å². The van der Waals surface area contributed by atoms with Gasteiger partial charge in [0.05, 0.1) is 6.10 Å². The van der Waals surface area contributed by atoms with Crippen LogP contribution in [0.5, 0.6) is 0 Å². The molecule has 17 heavy (non-hydrogen) atoms. The summed E-state index contributed by atoms with van der Waals surface area (Å²) in [6.45, 7) is 4.22. The average Bonchev–Trinajstić information content (AvgIpc) is 2.74. The second-order valence-corrected chi connectivity index (χ2v) is 3.90. The van der Waals surface area contributed by atoms with E-state index in [1.165, 1.54) is 0 Å². The molecule has 1 aromatic rings. The van der Waals surface area contributed by atoms with Gasteiger partial charge in [0.15, 0.2) is 0 Å². The first-order chi connectivity index (χ1) is 8.08. The van der Waals surface area contributed by atoms with E-state index in [9.17, 15) is 9.90 Å². The second kappa shape index (κ2) is 6.19. The molecule has 0 fully saturated rings. The van der Waals surface area contributed by atoms with E-state index in [2.05, 4.69) is 20.5 Å². The van der Waals surface area contributed by atoms with Gasteiger partial charge in [-0.3, -0.25) is 9.89 Å². The highest BCUT2D eigenvalue weighted by atomic mass is 16.3. The molecule has 1 amide bonds. The Bertz CT molecular complexity index is 361. The maximum absolute atomic E-state index is 11.6. The summed E-state index contributed by atoms with van der Waals surface area (Å²) in [6, 6.07) is 0. The number of nitrogens with two attached hydrogens (primary N) is 1. The third-order valence-corrected chi connectivity index (χ3v) is 2.78. The van der Waals surface area contributed by atoms with Crippen molar-refractivity contribution in [3.8, 4) is 0 Å². The van der Waals surface area contributed by atoms with Crippen molar-refractivity contribution < 1.29 is 9.90 Å². The summed E-state index contributed by atoms with van der Waals surface area (Å²) in [7, 11) is 0. The predicted molar refractivity (Wildman–Crippen MR) is 63.2 cm³/mol. The summed E-state index contributed by atoms with van der Waals surface area (Å²) in [6.07, 6.45) is 1.21. The van der Waals surface area contributed by atoms with Gasteiger partial charge in [0.25, 0.3) is 5.91 Å². The fourth-order valence-electron chi connectivity index (χ4n) is 1.66. The van der Waals surface area contributed by atoms with Crippen molar-refractivity contribution in [2.24, 2.45) is 5.92 Å². The van der Waals surface area contributed by atoms with E-state index >= 15 is 0 Å². The molecule has 1 aromatic heterocycles. The van der Waals surface area contributed by atoms with Crippen molar-refractivity contribution >= 4 is 11.9 Å².